The van der Waals surface area contributed by atoms with Crippen LogP contribution in [0.3, 0.4) is 0 Å². The van der Waals surface area contributed by atoms with Crippen LogP contribution >= 0.6 is 0 Å². The SMILES string of the molecule is CN(C)C1(C#N)CCCOc2ccc(C(C)(C)C)cc21. The van der Waals surface area contributed by atoms with E-state index in [1.165, 1.54) is 5.56 Å². The van der Waals surface area contributed by atoms with Gasteiger partial charge in [0.25, 0.3) is 0 Å². The van der Waals surface area contributed by atoms with Crippen LogP contribution in [0.4, 0.5) is 0 Å². The van der Waals surface area contributed by atoms with E-state index in [1.54, 1.807) is 0 Å². The van der Waals surface area contributed by atoms with Gasteiger partial charge in [0.2, 0.25) is 0 Å². The second kappa shape index (κ2) is 5.10. The summed E-state index contributed by atoms with van der Waals surface area (Å²) in [6.07, 6.45) is 1.70. The zero-order valence-corrected chi connectivity index (χ0v) is 13.2. The van der Waals surface area contributed by atoms with Crippen LogP contribution in [0, 0.1) is 11.3 Å². The summed E-state index contributed by atoms with van der Waals surface area (Å²) in [5, 5.41) is 9.83. The summed E-state index contributed by atoms with van der Waals surface area (Å²) in [7, 11) is 3.95. The second-order valence-electron chi connectivity index (χ2n) is 6.78. The highest BCUT2D eigenvalue weighted by atomic mass is 16.5. The van der Waals surface area contributed by atoms with Gasteiger partial charge in [-0.15, -0.1) is 0 Å². The van der Waals surface area contributed by atoms with Gasteiger partial charge in [0, 0.05) is 5.56 Å². The molecule has 0 aromatic heterocycles. The molecule has 1 heterocycles. The van der Waals surface area contributed by atoms with Crippen molar-refractivity contribution in [1.29, 1.82) is 5.26 Å². The number of nitriles is 1. The van der Waals surface area contributed by atoms with Gasteiger partial charge in [-0.3, -0.25) is 4.90 Å². The van der Waals surface area contributed by atoms with Gasteiger partial charge in [-0.25, -0.2) is 0 Å². The summed E-state index contributed by atoms with van der Waals surface area (Å²) in [5.41, 5.74) is 1.72. The third-order valence-corrected chi connectivity index (χ3v) is 4.18. The molecule has 3 heteroatoms. The van der Waals surface area contributed by atoms with E-state index in [9.17, 15) is 5.26 Å². The molecular formula is C17H24N2O. The van der Waals surface area contributed by atoms with Crippen LogP contribution in [-0.2, 0) is 11.0 Å². The molecule has 0 spiro atoms. The molecule has 3 nitrogen and oxygen atoms in total. The maximum absolute atomic E-state index is 9.83. The monoisotopic (exact) mass is 272 g/mol. The summed E-state index contributed by atoms with van der Waals surface area (Å²) in [6, 6.07) is 8.83. The smallest absolute Gasteiger partial charge is 0.137 e. The average Bonchev–Trinajstić information content (AvgIpc) is 2.56. The fourth-order valence-corrected chi connectivity index (χ4v) is 2.77. The number of fused-ring (bicyclic) bond motifs is 1. The Morgan fingerprint density at radius 3 is 2.55 bits per heavy atom. The van der Waals surface area contributed by atoms with Crippen LogP contribution < -0.4 is 4.74 Å². The molecule has 1 aliphatic heterocycles. The van der Waals surface area contributed by atoms with Gasteiger partial charge in [0.05, 0.1) is 12.7 Å². The summed E-state index contributed by atoms with van der Waals surface area (Å²) < 4.78 is 5.85. The van der Waals surface area contributed by atoms with Crippen LogP contribution in [0.15, 0.2) is 18.2 Å². The molecule has 20 heavy (non-hydrogen) atoms. The highest BCUT2D eigenvalue weighted by Gasteiger charge is 2.39. The van der Waals surface area contributed by atoms with Gasteiger partial charge in [-0.2, -0.15) is 5.26 Å². The first-order chi connectivity index (χ1) is 9.31. The van der Waals surface area contributed by atoms with Crippen molar-refractivity contribution in [3.05, 3.63) is 29.3 Å². The molecule has 0 amide bonds. The van der Waals surface area contributed by atoms with E-state index < -0.39 is 5.54 Å². The molecule has 1 aromatic carbocycles. The van der Waals surface area contributed by atoms with Gasteiger partial charge >= 0.3 is 0 Å². The van der Waals surface area contributed by atoms with Crippen LogP contribution in [0.1, 0.15) is 44.7 Å². The predicted octanol–water partition coefficient (Wildman–Crippen LogP) is 3.44. The van der Waals surface area contributed by atoms with Crippen molar-refractivity contribution in [3.63, 3.8) is 0 Å². The lowest BCUT2D eigenvalue weighted by molar-refractivity contribution is 0.202. The molecule has 1 atom stereocenters. The predicted molar refractivity (Wildman–Crippen MR) is 80.8 cm³/mol. The van der Waals surface area contributed by atoms with E-state index in [2.05, 4.69) is 39.0 Å². The first-order valence-electron chi connectivity index (χ1n) is 7.18. The topological polar surface area (TPSA) is 36.3 Å². The highest BCUT2D eigenvalue weighted by molar-refractivity contribution is 5.47. The molecule has 2 rings (SSSR count). The maximum Gasteiger partial charge on any atom is 0.137 e. The molecule has 1 aromatic rings. The molecule has 1 unspecified atom stereocenters. The molecule has 0 N–H and O–H groups in total. The molecule has 1 aliphatic rings. The summed E-state index contributed by atoms with van der Waals surface area (Å²) in [5.74, 6) is 0.853. The Kier molecular flexibility index (Phi) is 3.80. The number of benzene rings is 1. The minimum absolute atomic E-state index is 0.0643. The van der Waals surface area contributed by atoms with Crippen molar-refractivity contribution < 1.29 is 4.74 Å². The molecule has 0 saturated heterocycles. The Bertz CT molecular complexity index is 537. The van der Waals surface area contributed by atoms with Crippen molar-refractivity contribution in [2.75, 3.05) is 20.7 Å². The van der Waals surface area contributed by atoms with Crippen molar-refractivity contribution in [2.45, 2.75) is 44.6 Å². The Labute approximate surface area is 122 Å². The van der Waals surface area contributed by atoms with Crippen LogP contribution in [0.5, 0.6) is 5.75 Å². The molecule has 0 bridgehead atoms. The van der Waals surface area contributed by atoms with E-state index in [4.69, 9.17) is 4.74 Å². The summed E-state index contributed by atoms with van der Waals surface area (Å²) >= 11 is 0. The third kappa shape index (κ3) is 2.41. The first-order valence-corrected chi connectivity index (χ1v) is 7.18. The van der Waals surface area contributed by atoms with Gasteiger partial charge in [0.1, 0.15) is 11.3 Å². The highest BCUT2D eigenvalue weighted by Crippen LogP contribution is 2.41. The minimum atomic E-state index is -0.590. The summed E-state index contributed by atoms with van der Waals surface area (Å²) in [6.45, 7) is 7.25. The Morgan fingerprint density at radius 2 is 2.00 bits per heavy atom. The van der Waals surface area contributed by atoms with Crippen molar-refractivity contribution in [2.24, 2.45) is 0 Å². The molecule has 0 fully saturated rings. The fourth-order valence-electron chi connectivity index (χ4n) is 2.77. The number of rotatable bonds is 1. The van der Waals surface area contributed by atoms with Gasteiger partial charge in [-0.1, -0.05) is 26.8 Å². The number of ether oxygens (including phenoxy) is 1. The van der Waals surface area contributed by atoms with E-state index in [0.717, 1.165) is 24.2 Å². The Balaban J connectivity index is 2.66. The normalized spacial score (nSPS) is 22.6. The quantitative estimate of drug-likeness (QED) is 0.785. The Hall–Kier alpha value is -1.53. The number of hydrogen-bond acceptors (Lipinski definition) is 3. The van der Waals surface area contributed by atoms with E-state index in [-0.39, 0.29) is 5.41 Å². The lowest BCUT2D eigenvalue weighted by atomic mass is 9.80. The van der Waals surface area contributed by atoms with Crippen LogP contribution in [-0.4, -0.2) is 25.6 Å². The Morgan fingerprint density at radius 1 is 1.30 bits per heavy atom. The fraction of sp³-hybridized carbons (Fsp3) is 0.588. The van der Waals surface area contributed by atoms with Crippen LogP contribution in [0.25, 0.3) is 0 Å². The number of nitrogens with zero attached hydrogens (tertiary/aromatic N) is 2. The van der Waals surface area contributed by atoms with E-state index in [1.807, 2.05) is 25.1 Å². The third-order valence-electron chi connectivity index (χ3n) is 4.18. The van der Waals surface area contributed by atoms with Crippen LogP contribution in [0.2, 0.25) is 0 Å². The first kappa shape index (κ1) is 14.9. The molecule has 108 valence electrons. The van der Waals surface area contributed by atoms with Crippen molar-refractivity contribution >= 4 is 0 Å². The van der Waals surface area contributed by atoms with Gasteiger partial charge < -0.3 is 4.74 Å². The zero-order chi connectivity index (χ0) is 15.0. The molecular weight excluding hydrogens is 248 g/mol. The minimum Gasteiger partial charge on any atom is -0.493 e. The van der Waals surface area contributed by atoms with Crippen molar-refractivity contribution in [3.8, 4) is 11.8 Å². The van der Waals surface area contributed by atoms with E-state index >= 15 is 0 Å². The lowest BCUT2D eigenvalue weighted by Crippen LogP contribution is -2.40. The average molecular weight is 272 g/mol. The van der Waals surface area contributed by atoms with Gasteiger partial charge in [-0.05, 0) is 50.0 Å². The maximum atomic E-state index is 9.83. The largest absolute Gasteiger partial charge is 0.493 e. The second-order valence-corrected chi connectivity index (χ2v) is 6.78. The lowest BCUT2D eigenvalue weighted by Gasteiger charge is -2.34. The van der Waals surface area contributed by atoms with E-state index in [0.29, 0.717) is 6.61 Å². The standard InChI is InChI=1S/C17H24N2O/c1-16(2,3)13-7-8-15-14(11-13)17(12-18,19(4)5)9-6-10-20-15/h7-8,11H,6,9-10H2,1-5H3. The zero-order valence-electron chi connectivity index (χ0n) is 13.2. The summed E-state index contributed by atoms with van der Waals surface area (Å²) in [4.78, 5) is 2.02. The number of hydrogen-bond donors (Lipinski definition) is 0. The molecule has 0 radical (unpaired) electrons. The molecule has 0 saturated carbocycles. The van der Waals surface area contributed by atoms with Crippen molar-refractivity contribution in [1.82, 2.24) is 4.90 Å². The van der Waals surface area contributed by atoms with Gasteiger partial charge in [0.15, 0.2) is 0 Å². The molecule has 0 aliphatic carbocycles.